The first-order chi connectivity index (χ1) is 13.9. The third-order valence-corrected chi connectivity index (χ3v) is 4.99. The predicted octanol–water partition coefficient (Wildman–Crippen LogP) is 0.355. The van der Waals surface area contributed by atoms with Crippen molar-refractivity contribution in [3.63, 3.8) is 0 Å². The second-order valence-corrected chi connectivity index (χ2v) is 7.01. The smallest absolute Gasteiger partial charge is 0.262 e. The number of amides is 4. The maximum absolute atomic E-state index is 12.8. The molecule has 2 aromatic rings. The monoisotopic (exact) mass is 393 g/mol. The van der Waals surface area contributed by atoms with E-state index in [-0.39, 0.29) is 24.0 Å². The summed E-state index contributed by atoms with van der Waals surface area (Å²) in [6.45, 7) is 0.992. The number of hydrogen-bond acceptors (Lipinski definition) is 7. The number of hydrogen-bond donors (Lipinski definition) is 3. The molecule has 1 saturated heterocycles. The van der Waals surface area contributed by atoms with Gasteiger partial charge in [0.25, 0.3) is 11.8 Å². The minimum Gasteiger partial charge on any atom is -0.397 e. The number of pyridine rings is 1. The molecule has 1 atom stereocenters. The molecule has 1 aromatic heterocycles. The van der Waals surface area contributed by atoms with Gasteiger partial charge in [0, 0.05) is 19.5 Å². The van der Waals surface area contributed by atoms with Gasteiger partial charge in [-0.05, 0) is 36.2 Å². The third-order valence-electron chi connectivity index (χ3n) is 4.99. The van der Waals surface area contributed by atoms with Crippen LogP contribution in [0.3, 0.4) is 0 Å². The summed E-state index contributed by atoms with van der Waals surface area (Å²) in [7, 11) is 0. The summed E-state index contributed by atoms with van der Waals surface area (Å²) >= 11 is 0. The normalized spacial score (nSPS) is 18.8. The second kappa shape index (κ2) is 7.44. The summed E-state index contributed by atoms with van der Waals surface area (Å²) in [5, 5.41) is 5.41. The average molecular weight is 393 g/mol. The van der Waals surface area contributed by atoms with Gasteiger partial charge in [-0.2, -0.15) is 0 Å². The number of rotatable bonds is 5. The number of benzene rings is 1. The Morgan fingerprint density at radius 1 is 1.07 bits per heavy atom. The lowest BCUT2D eigenvalue weighted by Gasteiger charge is -2.27. The van der Waals surface area contributed by atoms with Crippen molar-refractivity contribution in [2.45, 2.75) is 32.0 Å². The van der Waals surface area contributed by atoms with Gasteiger partial charge < -0.3 is 11.1 Å². The molecule has 0 bridgehead atoms. The lowest BCUT2D eigenvalue weighted by atomic mass is 10.0. The number of carbonyl (C=O) groups is 4. The van der Waals surface area contributed by atoms with Gasteiger partial charge in [0.1, 0.15) is 6.04 Å². The van der Waals surface area contributed by atoms with E-state index in [0.29, 0.717) is 18.8 Å². The standard InChI is InChI=1S/C20H19N5O4/c21-12-2-3-13(23-9-12)10-22-8-11-1-4-14-15(7-11)20(29)25(19(14)28)16-5-6-17(26)24-18(16)27/h1-4,7,9,16,22H,5-6,8,10,21H2,(H,24,26,27). The van der Waals surface area contributed by atoms with Crippen molar-refractivity contribution in [3.8, 4) is 0 Å². The Balaban J connectivity index is 1.46. The molecule has 0 saturated carbocycles. The van der Waals surface area contributed by atoms with Crippen LogP contribution in [0.15, 0.2) is 36.5 Å². The van der Waals surface area contributed by atoms with Crippen LogP contribution in [-0.4, -0.2) is 39.6 Å². The average Bonchev–Trinajstić information content (AvgIpc) is 2.94. The molecular formula is C20H19N5O4. The van der Waals surface area contributed by atoms with Gasteiger partial charge in [0.2, 0.25) is 11.8 Å². The predicted molar refractivity (Wildman–Crippen MR) is 102 cm³/mol. The first kappa shape index (κ1) is 18.8. The highest BCUT2D eigenvalue weighted by molar-refractivity contribution is 6.23. The molecule has 4 rings (SSSR count). The number of piperidine rings is 1. The van der Waals surface area contributed by atoms with Gasteiger partial charge in [-0.25, -0.2) is 0 Å². The van der Waals surface area contributed by atoms with Crippen molar-refractivity contribution in [2.75, 3.05) is 5.73 Å². The highest BCUT2D eigenvalue weighted by Crippen LogP contribution is 2.28. The van der Waals surface area contributed by atoms with Crippen LogP contribution < -0.4 is 16.4 Å². The van der Waals surface area contributed by atoms with E-state index in [0.717, 1.165) is 16.2 Å². The van der Waals surface area contributed by atoms with Crippen LogP contribution in [0, 0.1) is 0 Å². The fourth-order valence-electron chi connectivity index (χ4n) is 3.50. The number of nitrogen functional groups attached to an aromatic ring is 1. The van der Waals surface area contributed by atoms with Crippen molar-refractivity contribution >= 4 is 29.3 Å². The Hall–Kier alpha value is -3.59. The fraction of sp³-hybridized carbons (Fsp3) is 0.250. The van der Waals surface area contributed by atoms with E-state index in [1.54, 1.807) is 30.5 Å². The third kappa shape index (κ3) is 3.59. The quantitative estimate of drug-likeness (QED) is 0.624. The van der Waals surface area contributed by atoms with Crippen molar-refractivity contribution in [1.82, 2.24) is 20.5 Å². The number of anilines is 1. The number of carbonyl (C=O) groups excluding carboxylic acids is 4. The fourth-order valence-corrected chi connectivity index (χ4v) is 3.50. The first-order valence-electron chi connectivity index (χ1n) is 9.19. The largest absolute Gasteiger partial charge is 0.397 e. The number of nitrogens with one attached hydrogen (secondary N) is 2. The van der Waals surface area contributed by atoms with E-state index in [9.17, 15) is 19.2 Å². The van der Waals surface area contributed by atoms with Crippen LogP contribution in [-0.2, 0) is 22.7 Å². The summed E-state index contributed by atoms with van der Waals surface area (Å²) in [5.74, 6) is -2.04. The van der Waals surface area contributed by atoms with E-state index in [2.05, 4.69) is 15.6 Å². The lowest BCUT2D eigenvalue weighted by Crippen LogP contribution is -2.54. The first-order valence-corrected chi connectivity index (χ1v) is 9.19. The molecule has 0 radical (unpaired) electrons. The molecule has 148 valence electrons. The van der Waals surface area contributed by atoms with E-state index < -0.39 is 29.7 Å². The number of fused-ring (bicyclic) bond motifs is 1. The molecule has 3 heterocycles. The van der Waals surface area contributed by atoms with E-state index in [1.165, 1.54) is 0 Å². The van der Waals surface area contributed by atoms with Crippen molar-refractivity contribution < 1.29 is 19.2 Å². The molecule has 4 amide bonds. The van der Waals surface area contributed by atoms with Gasteiger partial charge >= 0.3 is 0 Å². The molecule has 0 aliphatic carbocycles. The van der Waals surface area contributed by atoms with E-state index in [4.69, 9.17) is 5.73 Å². The molecule has 2 aliphatic heterocycles. The van der Waals surface area contributed by atoms with Gasteiger partial charge in [0.15, 0.2) is 0 Å². The minimum atomic E-state index is -0.960. The molecule has 2 aliphatic rings. The molecule has 29 heavy (non-hydrogen) atoms. The number of nitrogens with two attached hydrogens (primary N) is 1. The Labute approximate surface area is 166 Å². The van der Waals surface area contributed by atoms with Crippen LogP contribution in [0.5, 0.6) is 0 Å². The summed E-state index contributed by atoms with van der Waals surface area (Å²) in [6.07, 6.45) is 1.82. The van der Waals surface area contributed by atoms with Gasteiger partial charge in [-0.15, -0.1) is 0 Å². The van der Waals surface area contributed by atoms with Gasteiger partial charge in [0.05, 0.1) is 28.7 Å². The van der Waals surface area contributed by atoms with Crippen LogP contribution in [0.25, 0.3) is 0 Å². The molecular weight excluding hydrogens is 374 g/mol. The Kier molecular flexibility index (Phi) is 4.81. The number of nitrogens with zero attached hydrogens (tertiary/aromatic N) is 2. The second-order valence-electron chi connectivity index (χ2n) is 7.01. The van der Waals surface area contributed by atoms with Gasteiger partial charge in [-0.1, -0.05) is 6.07 Å². The minimum absolute atomic E-state index is 0.0954. The highest BCUT2D eigenvalue weighted by Gasteiger charge is 2.44. The van der Waals surface area contributed by atoms with Crippen LogP contribution in [0.2, 0.25) is 0 Å². The topological polar surface area (TPSA) is 134 Å². The maximum Gasteiger partial charge on any atom is 0.262 e. The molecule has 9 heteroatoms. The molecule has 1 aromatic carbocycles. The number of aromatic nitrogens is 1. The maximum atomic E-state index is 12.8. The van der Waals surface area contributed by atoms with E-state index in [1.807, 2.05) is 6.07 Å². The summed E-state index contributed by atoms with van der Waals surface area (Å²) in [6, 6.07) is 7.66. The van der Waals surface area contributed by atoms with E-state index >= 15 is 0 Å². The summed E-state index contributed by atoms with van der Waals surface area (Å²) in [5.41, 5.74) is 8.40. The zero-order valence-corrected chi connectivity index (χ0v) is 15.5. The molecule has 1 unspecified atom stereocenters. The van der Waals surface area contributed by atoms with Crippen molar-refractivity contribution in [1.29, 1.82) is 0 Å². The SMILES string of the molecule is Nc1ccc(CNCc2ccc3c(c2)C(=O)N(C2CCC(=O)NC2=O)C3=O)nc1. The molecule has 4 N–H and O–H groups in total. The molecule has 1 fully saturated rings. The molecule has 9 nitrogen and oxygen atoms in total. The lowest BCUT2D eigenvalue weighted by molar-refractivity contribution is -0.136. The Morgan fingerprint density at radius 2 is 1.86 bits per heavy atom. The van der Waals surface area contributed by atoms with Crippen LogP contribution >= 0.6 is 0 Å². The zero-order chi connectivity index (χ0) is 20.5. The zero-order valence-electron chi connectivity index (χ0n) is 15.5. The number of imide groups is 2. The summed E-state index contributed by atoms with van der Waals surface area (Å²) in [4.78, 5) is 54.1. The Morgan fingerprint density at radius 3 is 2.59 bits per heavy atom. The van der Waals surface area contributed by atoms with Crippen LogP contribution in [0.1, 0.15) is 44.8 Å². The molecule has 0 spiro atoms. The Bertz CT molecular complexity index is 1020. The van der Waals surface area contributed by atoms with Gasteiger partial charge in [-0.3, -0.25) is 34.4 Å². The van der Waals surface area contributed by atoms with Crippen molar-refractivity contribution in [2.24, 2.45) is 0 Å². The summed E-state index contributed by atoms with van der Waals surface area (Å²) < 4.78 is 0. The van der Waals surface area contributed by atoms with Crippen LogP contribution in [0.4, 0.5) is 5.69 Å². The van der Waals surface area contributed by atoms with Crippen molar-refractivity contribution in [3.05, 3.63) is 58.9 Å². The highest BCUT2D eigenvalue weighted by atomic mass is 16.2.